The Balaban J connectivity index is 2.94. The highest BCUT2D eigenvalue weighted by atomic mass is 32.2. The summed E-state index contributed by atoms with van der Waals surface area (Å²) in [4.78, 5) is 4.09. The van der Waals surface area contributed by atoms with Gasteiger partial charge >= 0.3 is 0 Å². The predicted octanol–water partition coefficient (Wildman–Crippen LogP) is 8.11. The van der Waals surface area contributed by atoms with Gasteiger partial charge in [0.05, 0.1) is 6.35 Å². The first-order chi connectivity index (χ1) is 12.4. The molecule has 25 heavy (non-hydrogen) atoms. The molecule has 0 rings (SSSR count). The van der Waals surface area contributed by atoms with Crippen LogP contribution in [-0.2, 0) is 4.89 Å². The lowest BCUT2D eigenvalue weighted by Gasteiger charge is -2.04. The standard InChI is InChI=1S/C21H45O2PS/c1-2-3-4-5-6-7-8-9-10-11-12-13-14-16-19-25-20-17-15-18-24-21-23-22/h22,24H,2-21H2,1H3. The molecule has 1 atom stereocenters. The van der Waals surface area contributed by atoms with Crippen LogP contribution in [0.1, 0.15) is 110 Å². The van der Waals surface area contributed by atoms with Crippen LogP contribution in [0.5, 0.6) is 0 Å². The van der Waals surface area contributed by atoms with E-state index in [0.29, 0.717) is 6.35 Å². The van der Waals surface area contributed by atoms with E-state index < -0.39 is 0 Å². The van der Waals surface area contributed by atoms with Crippen molar-refractivity contribution in [2.45, 2.75) is 110 Å². The van der Waals surface area contributed by atoms with E-state index in [1.54, 1.807) is 0 Å². The second kappa shape index (κ2) is 24.7. The largest absolute Gasteiger partial charge is 0.251 e. The van der Waals surface area contributed by atoms with E-state index in [-0.39, 0.29) is 0 Å². The average molecular weight is 393 g/mol. The summed E-state index contributed by atoms with van der Waals surface area (Å²) >= 11 is 2.12. The van der Waals surface area contributed by atoms with E-state index in [1.165, 1.54) is 120 Å². The van der Waals surface area contributed by atoms with E-state index in [2.05, 4.69) is 23.6 Å². The Bertz CT molecular complexity index is 208. The molecule has 0 bridgehead atoms. The maximum absolute atomic E-state index is 8.23. The second-order valence-corrected chi connectivity index (χ2v) is 9.70. The van der Waals surface area contributed by atoms with Gasteiger partial charge in [0.1, 0.15) is 0 Å². The van der Waals surface area contributed by atoms with Crippen molar-refractivity contribution in [3.8, 4) is 0 Å². The summed E-state index contributed by atoms with van der Waals surface area (Å²) in [7, 11) is 0.761. The van der Waals surface area contributed by atoms with Gasteiger partial charge in [0.15, 0.2) is 0 Å². The minimum atomic E-state index is 0.520. The van der Waals surface area contributed by atoms with Gasteiger partial charge in [0.25, 0.3) is 0 Å². The van der Waals surface area contributed by atoms with Crippen LogP contribution in [0.25, 0.3) is 0 Å². The lowest BCUT2D eigenvalue weighted by atomic mass is 10.0. The lowest BCUT2D eigenvalue weighted by Crippen LogP contribution is -1.88. The van der Waals surface area contributed by atoms with Gasteiger partial charge < -0.3 is 0 Å². The van der Waals surface area contributed by atoms with E-state index in [4.69, 9.17) is 5.26 Å². The van der Waals surface area contributed by atoms with Crippen LogP contribution in [-0.4, -0.2) is 29.3 Å². The molecule has 0 saturated heterocycles. The Kier molecular flexibility index (Phi) is 25.4. The highest BCUT2D eigenvalue weighted by Crippen LogP contribution is 2.16. The first-order valence-corrected chi connectivity index (χ1v) is 13.5. The van der Waals surface area contributed by atoms with Gasteiger partial charge in [-0.2, -0.15) is 11.8 Å². The van der Waals surface area contributed by atoms with Gasteiger partial charge in [-0.05, 0) is 36.9 Å². The van der Waals surface area contributed by atoms with Crippen molar-refractivity contribution in [1.29, 1.82) is 0 Å². The summed E-state index contributed by atoms with van der Waals surface area (Å²) in [5.41, 5.74) is 0. The second-order valence-electron chi connectivity index (χ2n) is 7.19. The molecule has 0 spiro atoms. The number of rotatable bonds is 22. The lowest BCUT2D eigenvalue weighted by molar-refractivity contribution is -0.223. The average Bonchev–Trinajstić information content (AvgIpc) is 2.63. The summed E-state index contributed by atoms with van der Waals surface area (Å²) < 4.78 is 0. The molecule has 0 saturated carbocycles. The summed E-state index contributed by atoms with van der Waals surface area (Å²) in [5, 5.41) is 8.23. The van der Waals surface area contributed by atoms with Crippen LogP contribution >= 0.6 is 20.3 Å². The van der Waals surface area contributed by atoms with Gasteiger partial charge in [0, 0.05) is 0 Å². The van der Waals surface area contributed by atoms with Crippen LogP contribution in [0.3, 0.4) is 0 Å². The Morgan fingerprint density at radius 3 is 1.56 bits per heavy atom. The molecule has 1 unspecified atom stereocenters. The molecule has 152 valence electrons. The van der Waals surface area contributed by atoms with E-state index in [1.807, 2.05) is 0 Å². The van der Waals surface area contributed by atoms with Gasteiger partial charge in [-0.15, -0.1) is 0 Å². The Morgan fingerprint density at radius 2 is 1.08 bits per heavy atom. The molecule has 0 aromatic rings. The first-order valence-electron chi connectivity index (χ1n) is 11.0. The zero-order chi connectivity index (χ0) is 18.3. The van der Waals surface area contributed by atoms with Gasteiger partial charge in [-0.25, -0.2) is 4.89 Å². The highest BCUT2D eigenvalue weighted by molar-refractivity contribution is 7.99. The fraction of sp³-hybridized carbons (Fsp3) is 1.00. The van der Waals surface area contributed by atoms with Crippen molar-refractivity contribution in [3.05, 3.63) is 0 Å². The summed E-state index contributed by atoms with van der Waals surface area (Å²) in [6.45, 7) is 2.29. The minimum absolute atomic E-state index is 0.520. The number of hydrogen-bond acceptors (Lipinski definition) is 3. The first kappa shape index (κ1) is 25.7. The zero-order valence-corrected chi connectivity index (χ0v) is 18.7. The number of unbranched alkanes of at least 4 members (excludes halogenated alkanes) is 14. The third-order valence-corrected chi connectivity index (χ3v) is 6.90. The number of hydrogen-bond donors (Lipinski definition) is 1. The van der Waals surface area contributed by atoms with Crippen molar-refractivity contribution < 1.29 is 10.1 Å². The molecule has 2 nitrogen and oxygen atoms in total. The fourth-order valence-corrected chi connectivity index (χ4v) is 4.83. The molecule has 0 aliphatic heterocycles. The minimum Gasteiger partial charge on any atom is -0.251 e. The Morgan fingerprint density at radius 1 is 0.640 bits per heavy atom. The maximum atomic E-state index is 8.23. The van der Waals surface area contributed by atoms with Crippen molar-refractivity contribution in [2.24, 2.45) is 0 Å². The van der Waals surface area contributed by atoms with Crippen molar-refractivity contribution in [3.63, 3.8) is 0 Å². The van der Waals surface area contributed by atoms with Crippen molar-refractivity contribution in [2.75, 3.05) is 24.0 Å². The molecule has 0 aliphatic carbocycles. The molecule has 0 aromatic heterocycles. The molecule has 0 fully saturated rings. The van der Waals surface area contributed by atoms with Crippen LogP contribution in [0.4, 0.5) is 0 Å². The molecule has 0 aromatic carbocycles. The van der Waals surface area contributed by atoms with E-state index in [9.17, 15) is 0 Å². The SMILES string of the molecule is CCCCCCCCCCCCCCCCSCCCCPCOO. The molecular weight excluding hydrogens is 347 g/mol. The van der Waals surface area contributed by atoms with Gasteiger partial charge in [-0.1, -0.05) is 99.0 Å². The molecule has 0 heterocycles. The quantitative estimate of drug-likeness (QED) is 0.0873. The molecule has 0 amide bonds. The van der Waals surface area contributed by atoms with Crippen LogP contribution in [0, 0.1) is 0 Å². The fourth-order valence-electron chi connectivity index (χ4n) is 3.07. The van der Waals surface area contributed by atoms with E-state index >= 15 is 0 Å². The third-order valence-electron chi connectivity index (χ3n) is 4.70. The van der Waals surface area contributed by atoms with Crippen LogP contribution < -0.4 is 0 Å². The number of thioether (sulfide) groups is 1. The normalized spacial score (nSPS) is 11.8. The summed E-state index contributed by atoms with van der Waals surface area (Å²) in [6.07, 6.45) is 24.6. The smallest absolute Gasteiger partial charge is 0.0982 e. The van der Waals surface area contributed by atoms with Crippen molar-refractivity contribution in [1.82, 2.24) is 0 Å². The third kappa shape index (κ3) is 24.7. The van der Waals surface area contributed by atoms with Gasteiger partial charge in [-0.3, -0.25) is 5.26 Å². The van der Waals surface area contributed by atoms with Crippen LogP contribution in [0.15, 0.2) is 0 Å². The monoisotopic (exact) mass is 392 g/mol. The summed E-state index contributed by atoms with van der Waals surface area (Å²) in [5.74, 6) is 2.66. The highest BCUT2D eigenvalue weighted by Gasteiger charge is 1.95. The maximum Gasteiger partial charge on any atom is 0.0982 e. The Labute approximate surface area is 164 Å². The van der Waals surface area contributed by atoms with Gasteiger partial charge in [0.2, 0.25) is 0 Å². The molecule has 0 radical (unpaired) electrons. The molecule has 0 aliphatic rings. The molecular formula is C21H45O2PS. The molecule has 4 heteroatoms. The topological polar surface area (TPSA) is 29.5 Å². The van der Waals surface area contributed by atoms with E-state index in [0.717, 1.165) is 8.58 Å². The van der Waals surface area contributed by atoms with Crippen molar-refractivity contribution >= 4 is 20.3 Å². The Hall–Kier alpha value is 0.700. The van der Waals surface area contributed by atoms with Crippen LogP contribution in [0.2, 0.25) is 0 Å². The zero-order valence-electron chi connectivity index (χ0n) is 16.9. The predicted molar refractivity (Wildman–Crippen MR) is 119 cm³/mol. The molecule has 1 N–H and O–H groups in total. The summed E-state index contributed by atoms with van der Waals surface area (Å²) in [6, 6.07) is 0.